The summed E-state index contributed by atoms with van der Waals surface area (Å²) in [6, 6.07) is 0.815. The predicted octanol–water partition coefficient (Wildman–Crippen LogP) is 1.28. The fourth-order valence-corrected chi connectivity index (χ4v) is 4.22. The van der Waals surface area contributed by atoms with E-state index in [0.29, 0.717) is 12.0 Å². The minimum absolute atomic E-state index is 0.171. The van der Waals surface area contributed by atoms with Gasteiger partial charge in [-0.05, 0) is 51.9 Å². The Morgan fingerprint density at radius 1 is 1.29 bits per heavy atom. The van der Waals surface area contributed by atoms with E-state index in [-0.39, 0.29) is 17.7 Å². The molecule has 3 aliphatic rings. The Morgan fingerprint density at radius 3 is 2.71 bits per heavy atom. The molecule has 5 nitrogen and oxygen atoms in total. The fourth-order valence-electron chi connectivity index (χ4n) is 4.22. The molecule has 1 saturated carbocycles. The lowest BCUT2D eigenvalue weighted by Gasteiger charge is -2.50. The molecule has 3 atom stereocenters. The molecule has 2 aliphatic heterocycles. The highest BCUT2D eigenvalue weighted by Gasteiger charge is 2.46. The zero-order chi connectivity index (χ0) is 14.9. The average Bonchev–Trinajstić information content (AvgIpc) is 2.47. The first-order valence-corrected chi connectivity index (χ1v) is 8.59. The number of morpholine rings is 1. The number of nitrogens with two attached hydrogens (primary N) is 1. The van der Waals surface area contributed by atoms with Gasteiger partial charge in [-0.15, -0.1) is 0 Å². The Kier molecular flexibility index (Phi) is 4.86. The lowest BCUT2D eigenvalue weighted by atomic mass is 9.70. The zero-order valence-corrected chi connectivity index (χ0v) is 13.5. The number of nitrogens with one attached hydrogen (secondary N) is 1. The number of ether oxygens (including phenoxy) is 2. The molecule has 122 valence electrons. The number of hydrogen-bond acceptors (Lipinski definition) is 5. The van der Waals surface area contributed by atoms with Gasteiger partial charge in [0.15, 0.2) is 0 Å². The summed E-state index contributed by atoms with van der Waals surface area (Å²) in [5.41, 5.74) is 3.25. The van der Waals surface area contributed by atoms with Crippen LogP contribution in [0.1, 0.15) is 46.0 Å². The molecule has 0 aromatic rings. The molecular formula is C16H31N3O2. The molecule has 0 aromatic carbocycles. The fraction of sp³-hybridized carbons (Fsp3) is 1.00. The summed E-state index contributed by atoms with van der Waals surface area (Å²) in [6.07, 6.45) is 6.21. The molecule has 3 rings (SSSR count). The number of hydrogen-bond donors (Lipinski definition) is 2. The van der Waals surface area contributed by atoms with Crippen molar-refractivity contribution in [1.29, 1.82) is 0 Å². The van der Waals surface area contributed by atoms with Crippen LogP contribution in [0.4, 0.5) is 0 Å². The van der Waals surface area contributed by atoms with Gasteiger partial charge >= 0.3 is 0 Å². The smallest absolute Gasteiger partial charge is 0.0871 e. The Hall–Kier alpha value is -0.200. The molecule has 3 N–H and O–H groups in total. The number of rotatable bonds is 4. The molecule has 5 heteroatoms. The first-order valence-electron chi connectivity index (χ1n) is 8.59. The molecule has 21 heavy (non-hydrogen) atoms. The summed E-state index contributed by atoms with van der Waals surface area (Å²) >= 11 is 0. The standard InChI is InChI=1S/C16H31N3O2/c1-12(2)19-7-9-20-14(11-19)15(18-17)13-4-8-21-16(10-13)5-3-6-16/h12-15,18H,3-11,17H2,1-2H3. The molecule has 1 aliphatic carbocycles. The summed E-state index contributed by atoms with van der Waals surface area (Å²) in [4.78, 5) is 2.50. The third-order valence-electron chi connectivity index (χ3n) is 5.75. The molecule has 0 aromatic heterocycles. The second-order valence-electron chi connectivity index (χ2n) is 7.33. The molecule has 2 saturated heterocycles. The van der Waals surface area contributed by atoms with E-state index in [9.17, 15) is 0 Å². The van der Waals surface area contributed by atoms with Crippen molar-refractivity contribution in [2.24, 2.45) is 11.8 Å². The van der Waals surface area contributed by atoms with Gasteiger partial charge in [-0.2, -0.15) is 0 Å². The third-order valence-corrected chi connectivity index (χ3v) is 5.75. The van der Waals surface area contributed by atoms with E-state index < -0.39 is 0 Å². The summed E-state index contributed by atoms with van der Waals surface area (Å²) in [5.74, 6) is 6.49. The molecular weight excluding hydrogens is 266 g/mol. The molecule has 1 spiro atoms. The van der Waals surface area contributed by atoms with Gasteiger partial charge in [-0.1, -0.05) is 0 Å². The maximum absolute atomic E-state index is 6.06. The predicted molar refractivity (Wildman–Crippen MR) is 82.8 cm³/mol. The minimum atomic E-state index is 0.171. The quantitative estimate of drug-likeness (QED) is 0.604. The number of hydrazine groups is 1. The van der Waals surface area contributed by atoms with Crippen molar-refractivity contribution >= 4 is 0 Å². The van der Waals surface area contributed by atoms with Crippen LogP contribution in [0.2, 0.25) is 0 Å². The second-order valence-corrected chi connectivity index (χ2v) is 7.33. The van der Waals surface area contributed by atoms with Crippen LogP contribution in [-0.2, 0) is 9.47 Å². The largest absolute Gasteiger partial charge is 0.375 e. The van der Waals surface area contributed by atoms with Crippen LogP contribution in [0, 0.1) is 5.92 Å². The van der Waals surface area contributed by atoms with E-state index in [1.54, 1.807) is 0 Å². The molecule has 0 radical (unpaired) electrons. The summed E-state index contributed by atoms with van der Waals surface area (Å²) in [7, 11) is 0. The van der Waals surface area contributed by atoms with Crippen LogP contribution in [0.5, 0.6) is 0 Å². The first kappa shape index (κ1) is 15.7. The van der Waals surface area contributed by atoms with Crippen LogP contribution in [0.15, 0.2) is 0 Å². The van der Waals surface area contributed by atoms with Gasteiger partial charge in [-0.25, -0.2) is 0 Å². The van der Waals surface area contributed by atoms with Gasteiger partial charge in [0.25, 0.3) is 0 Å². The van der Waals surface area contributed by atoms with Crippen LogP contribution >= 0.6 is 0 Å². The lowest BCUT2D eigenvalue weighted by Crippen LogP contribution is -2.60. The summed E-state index contributed by atoms with van der Waals surface area (Å²) < 4.78 is 12.1. The van der Waals surface area contributed by atoms with E-state index in [0.717, 1.165) is 39.1 Å². The normalized spacial score (nSPS) is 34.9. The van der Waals surface area contributed by atoms with E-state index in [1.165, 1.54) is 19.3 Å². The lowest BCUT2D eigenvalue weighted by molar-refractivity contribution is -0.157. The molecule has 3 unspecified atom stereocenters. The van der Waals surface area contributed by atoms with Crippen molar-refractivity contribution in [3.63, 3.8) is 0 Å². The Balaban J connectivity index is 1.63. The minimum Gasteiger partial charge on any atom is -0.375 e. The van der Waals surface area contributed by atoms with Crippen LogP contribution < -0.4 is 11.3 Å². The monoisotopic (exact) mass is 297 g/mol. The van der Waals surface area contributed by atoms with E-state index in [1.807, 2.05) is 0 Å². The van der Waals surface area contributed by atoms with E-state index in [2.05, 4.69) is 24.2 Å². The van der Waals surface area contributed by atoms with Gasteiger partial charge < -0.3 is 9.47 Å². The highest BCUT2D eigenvalue weighted by atomic mass is 16.5. The second kappa shape index (κ2) is 6.50. The van der Waals surface area contributed by atoms with Crippen LogP contribution in [0.25, 0.3) is 0 Å². The maximum atomic E-state index is 6.06. The Morgan fingerprint density at radius 2 is 2.10 bits per heavy atom. The summed E-state index contributed by atoms with van der Waals surface area (Å²) in [5, 5.41) is 0. The Bertz CT molecular complexity index is 346. The topological polar surface area (TPSA) is 59.8 Å². The van der Waals surface area contributed by atoms with E-state index in [4.69, 9.17) is 15.3 Å². The van der Waals surface area contributed by atoms with Crippen molar-refractivity contribution in [2.75, 3.05) is 26.3 Å². The van der Waals surface area contributed by atoms with Crippen molar-refractivity contribution in [3.05, 3.63) is 0 Å². The van der Waals surface area contributed by atoms with Crippen molar-refractivity contribution in [2.45, 2.75) is 69.7 Å². The van der Waals surface area contributed by atoms with Crippen molar-refractivity contribution in [3.8, 4) is 0 Å². The molecule has 3 fully saturated rings. The van der Waals surface area contributed by atoms with Gasteiger partial charge in [-0.3, -0.25) is 16.2 Å². The van der Waals surface area contributed by atoms with Gasteiger partial charge in [0.1, 0.15) is 0 Å². The average molecular weight is 297 g/mol. The summed E-state index contributed by atoms with van der Waals surface area (Å²) in [6.45, 7) is 8.22. The van der Waals surface area contributed by atoms with Crippen molar-refractivity contribution < 1.29 is 9.47 Å². The SMILES string of the molecule is CC(C)N1CCOC(C(NN)C2CCOC3(CCC3)C2)C1. The third kappa shape index (κ3) is 3.27. The zero-order valence-electron chi connectivity index (χ0n) is 13.5. The van der Waals surface area contributed by atoms with Crippen LogP contribution in [-0.4, -0.2) is 55.0 Å². The number of nitrogens with zero attached hydrogens (tertiary/aromatic N) is 1. The van der Waals surface area contributed by atoms with Gasteiger partial charge in [0.2, 0.25) is 0 Å². The molecule has 0 bridgehead atoms. The van der Waals surface area contributed by atoms with Gasteiger partial charge in [0.05, 0.1) is 24.4 Å². The first-order chi connectivity index (χ1) is 10.1. The molecule has 2 heterocycles. The highest BCUT2D eigenvalue weighted by molar-refractivity contribution is 4.98. The van der Waals surface area contributed by atoms with Crippen LogP contribution in [0.3, 0.4) is 0 Å². The van der Waals surface area contributed by atoms with E-state index >= 15 is 0 Å². The Labute approximate surface area is 128 Å². The van der Waals surface area contributed by atoms with Gasteiger partial charge in [0, 0.05) is 25.7 Å². The van der Waals surface area contributed by atoms with Crippen molar-refractivity contribution in [1.82, 2.24) is 10.3 Å². The maximum Gasteiger partial charge on any atom is 0.0871 e. The highest BCUT2D eigenvalue weighted by Crippen LogP contribution is 2.45. The molecule has 0 amide bonds.